The number of hydrogen-bond acceptors (Lipinski definition) is 8. The fourth-order valence-corrected chi connectivity index (χ4v) is 9.71. The van der Waals surface area contributed by atoms with E-state index in [1.54, 1.807) is 37.3 Å². The van der Waals surface area contributed by atoms with Crippen molar-refractivity contribution in [1.29, 1.82) is 0 Å². The number of rotatable bonds is 6. The van der Waals surface area contributed by atoms with Gasteiger partial charge in [-0.2, -0.15) is 0 Å². The first kappa shape index (κ1) is 30.3. The van der Waals surface area contributed by atoms with E-state index in [0.717, 1.165) is 24.0 Å². The molecule has 2 aromatic rings. The summed E-state index contributed by atoms with van der Waals surface area (Å²) in [6.45, 7) is 5.08. The summed E-state index contributed by atoms with van der Waals surface area (Å²) in [7, 11) is 0. The highest BCUT2D eigenvalue weighted by molar-refractivity contribution is 6.01. The van der Waals surface area contributed by atoms with Crippen LogP contribution in [0.3, 0.4) is 0 Å². The Morgan fingerprint density at radius 1 is 1.20 bits per heavy atom. The Bertz CT molecular complexity index is 1640. The molecule has 0 unspecified atom stereocenters. The largest absolute Gasteiger partial charge is 0.486 e. The monoisotopic (exact) mass is 617 g/mol. The van der Waals surface area contributed by atoms with Crippen LogP contribution in [-0.2, 0) is 25.7 Å². The van der Waals surface area contributed by atoms with E-state index in [2.05, 4.69) is 6.92 Å². The second-order valence-electron chi connectivity index (χ2n) is 13.9. The summed E-state index contributed by atoms with van der Waals surface area (Å²) in [5, 5.41) is 22.1. The molecule has 0 amide bonds. The second-order valence-corrected chi connectivity index (χ2v) is 13.9. The lowest BCUT2D eigenvalue weighted by Gasteiger charge is -2.59. The molecule has 5 aliphatic rings. The molecule has 1 heterocycles. The number of ether oxygens (including phenoxy) is 3. The Labute approximate surface area is 262 Å². The number of hydrogen-bond donors (Lipinski definition) is 3. The number of carbonyl (C=O) groups excluding carboxylic acids is 2. The third kappa shape index (κ3) is 4.24. The molecule has 7 rings (SSSR count). The fraction of sp³-hybridized carbons (Fsp3) is 0.500. The topological polar surface area (TPSA) is 128 Å². The highest BCUT2D eigenvalue weighted by Gasteiger charge is 2.76. The molecule has 8 nitrogen and oxygen atoms in total. The van der Waals surface area contributed by atoms with Crippen LogP contribution in [0.1, 0.15) is 62.5 Å². The van der Waals surface area contributed by atoms with Crippen LogP contribution in [0.25, 0.3) is 0 Å². The molecule has 0 aromatic heterocycles. The van der Waals surface area contributed by atoms with E-state index in [-0.39, 0.29) is 47.9 Å². The quantitative estimate of drug-likeness (QED) is 0.391. The molecule has 1 saturated heterocycles. The molecular formula is C36H40FNO7. The van der Waals surface area contributed by atoms with Gasteiger partial charge in [-0.3, -0.25) is 9.59 Å². The normalized spacial score (nSPS) is 38.2. The first-order valence-electron chi connectivity index (χ1n) is 15.8. The molecule has 9 heteroatoms. The molecule has 1 aliphatic heterocycles. The maximum Gasteiger partial charge on any atom is 0.193 e. The molecular weight excluding hydrogens is 577 g/mol. The van der Waals surface area contributed by atoms with Crippen LogP contribution in [0.15, 0.2) is 60.2 Å². The van der Waals surface area contributed by atoms with Gasteiger partial charge in [0.1, 0.15) is 13.2 Å². The maximum absolute atomic E-state index is 16.2. The molecule has 0 radical (unpaired) electrons. The summed E-state index contributed by atoms with van der Waals surface area (Å²) in [6.07, 6.45) is 4.65. The summed E-state index contributed by atoms with van der Waals surface area (Å²) >= 11 is 0. The minimum atomic E-state index is -1.58. The number of nitrogens with two attached hydrogens (primary N) is 1. The lowest BCUT2D eigenvalue weighted by Crippen LogP contribution is -2.63. The predicted octanol–water partition coefficient (Wildman–Crippen LogP) is 4.90. The van der Waals surface area contributed by atoms with Crippen molar-refractivity contribution in [2.75, 3.05) is 12.3 Å². The molecule has 45 heavy (non-hydrogen) atoms. The SMILES string of the molecule is Cc1ccc(OCc2ccccc2N)c(F)c1[C@H]1O[C@@H]2C[C@H]3[C@@H]4CCC5=CC(=O)C=C[C@]5(C)[C@H]4[C@@H](O)C[C@]3(C)[C@]2(C(=O)CO)O1. The van der Waals surface area contributed by atoms with Crippen molar-refractivity contribution in [3.63, 3.8) is 0 Å². The third-order valence-electron chi connectivity index (χ3n) is 11.8. The smallest absolute Gasteiger partial charge is 0.193 e. The molecule has 238 valence electrons. The Morgan fingerprint density at radius 3 is 2.73 bits per heavy atom. The van der Waals surface area contributed by atoms with Crippen LogP contribution in [0.5, 0.6) is 5.75 Å². The number of aryl methyl sites for hydroxylation is 1. The summed E-state index contributed by atoms with van der Waals surface area (Å²) < 4.78 is 35.2. The number of nitrogen functional groups attached to an aromatic ring is 1. The van der Waals surface area contributed by atoms with Gasteiger partial charge in [-0.1, -0.05) is 49.8 Å². The predicted molar refractivity (Wildman–Crippen MR) is 163 cm³/mol. The van der Waals surface area contributed by atoms with Crippen LogP contribution in [0.2, 0.25) is 0 Å². The fourth-order valence-electron chi connectivity index (χ4n) is 9.71. The van der Waals surface area contributed by atoms with E-state index < -0.39 is 53.1 Å². The van der Waals surface area contributed by atoms with Gasteiger partial charge in [0.05, 0.1) is 17.8 Å². The van der Waals surface area contributed by atoms with E-state index >= 15 is 4.39 Å². The van der Waals surface area contributed by atoms with Gasteiger partial charge < -0.3 is 30.2 Å². The molecule has 0 spiro atoms. The second kappa shape index (κ2) is 10.6. The summed E-state index contributed by atoms with van der Waals surface area (Å²) in [5.74, 6) is -1.39. The molecule has 4 aliphatic carbocycles. The van der Waals surface area contributed by atoms with Gasteiger partial charge in [0.2, 0.25) is 0 Å². The highest BCUT2D eigenvalue weighted by atomic mass is 19.1. The number of benzene rings is 2. The standard InChI is InChI=1S/C36H40FNO7/c1-19-8-11-27(43-18-20-6-4-5-7-25(20)38)32(37)30(19)33-44-29-15-24-23-10-9-21-14-22(40)12-13-34(21,2)31(23)26(41)16-35(24,3)36(29,45-33)28(42)17-39/h4-8,11-14,23-24,26,29,31,33,39,41H,9-10,15-18,38H2,1-3H3/t23-,24-,26-,29+,31+,33-,34-,35-,36+/m0/s1. The van der Waals surface area contributed by atoms with Crippen molar-refractivity contribution in [2.45, 2.75) is 77.2 Å². The number of carbonyl (C=O) groups is 2. The zero-order valence-electron chi connectivity index (χ0n) is 25.8. The average Bonchev–Trinajstić information content (AvgIpc) is 3.50. The highest BCUT2D eigenvalue weighted by Crippen LogP contribution is 2.70. The number of aliphatic hydroxyl groups excluding tert-OH is 2. The van der Waals surface area contributed by atoms with E-state index in [0.29, 0.717) is 17.7 Å². The number of ketones is 2. The van der Waals surface area contributed by atoms with E-state index in [1.807, 2.05) is 31.2 Å². The Balaban J connectivity index is 1.22. The van der Waals surface area contributed by atoms with Crippen molar-refractivity contribution in [2.24, 2.45) is 28.6 Å². The number of Topliss-reactive ketones (excluding diaryl/α,β-unsaturated/α-hetero) is 1. The lowest BCUT2D eigenvalue weighted by molar-refractivity contribution is -0.201. The molecule has 3 saturated carbocycles. The summed E-state index contributed by atoms with van der Waals surface area (Å²) in [6, 6.07) is 10.5. The van der Waals surface area contributed by atoms with Gasteiger partial charge in [-0.05, 0) is 74.3 Å². The van der Waals surface area contributed by atoms with Gasteiger partial charge >= 0.3 is 0 Å². The molecule has 9 atom stereocenters. The minimum Gasteiger partial charge on any atom is -0.486 e. The van der Waals surface area contributed by atoms with Gasteiger partial charge in [0, 0.05) is 28.0 Å². The number of aliphatic hydroxyl groups is 2. The number of halogens is 1. The molecule has 4 N–H and O–H groups in total. The number of allylic oxidation sites excluding steroid dienone is 4. The third-order valence-corrected chi connectivity index (χ3v) is 11.8. The average molecular weight is 618 g/mol. The number of anilines is 1. The Hall–Kier alpha value is -3.37. The summed E-state index contributed by atoms with van der Waals surface area (Å²) in [5.41, 5.74) is 6.11. The summed E-state index contributed by atoms with van der Waals surface area (Å²) in [4.78, 5) is 26.0. The van der Waals surface area contributed by atoms with Crippen LogP contribution < -0.4 is 10.5 Å². The van der Waals surface area contributed by atoms with Crippen LogP contribution in [-0.4, -0.2) is 46.2 Å². The van der Waals surface area contributed by atoms with Crippen molar-refractivity contribution < 1.29 is 38.4 Å². The van der Waals surface area contributed by atoms with Gasteiger partial charge in [-0.15, -0.1) is 0 Å². The van der Waals surface area contributed by atoms with E-state index in [4.69, 9.17) is 19.9 Å². The number of fused-ring (bicyclic) bond motifs is 7. The first-order valence-corrected chi connectivity index (χ1v) is 15.8. The molecule has 0 bridgehead atoms. The maximum atomic E-state index is 16.2. The van der Waals surface area contributed by atoms with Crippen LogP contribution >= 0.6 is 0 Å². The van der Waals surface area contributed by atoms with Crippen molar-refractivity contribution in [1.82, 2.24) is 0 Å². The van der Waals surface area contributed by atoms with Crippen LogP contribution in [0, 0.1) is 41.3 Å². The minimum absolute atomic E-state index is 0.00370. The molecule has 4 fully saturated rings. The molecule has 2 aromatic carbocycles. The number of para-hydroxylation sites is 1. The van der Waals surface area contributed by atoms with Gasteiger partial charge in [-0.25, -0.2) is 4.39 Å². The van der Waals surface area contributed by atoms with Crippen molar-refractivity contribution >= 4 is 17.3 Å². The van der Waals surface area contributed by atoms with E-state index in [1.165, 1.54) is 0 Å². The van der Waals surface area contributed by atoms with Crippen molar-refractivity contribution in [3.8, 4) is 5.75 Å². The Morgan fingerprint density at radius 2 is 1.98 bits per heavy atom. The first-order chi connectivity index (χ1) is 21.4. The van der Waals surface area contributed by atoms with E-state index in [9.17, 15) is 19.8 Å². The van der Waals surface area contributed by atoms with Gasteiger partial charge in [0.25, 0.3) is 0 Å². The zero-order valence-corrected chi connectivity index (χ0v) is 25.8. The van der Waals surface area contributed by atoms with Gasteiger partial charge in [0.15, 0.2) is 35.0 Å². The van der Waals surface area contributed by atoms with Crippen molar-refractivity contribution in [3.05, 3.63) is 82.7 Å². The Kier molecular flexibility index (Phi) is 7.13. The lowest BCUT2D eigenvalue weighted by atomic mass is 9.46. The zero-order chi connectivity index (χ0) is 31.9. The van der Waals surface area contributed by atoms with Crippen LogP contribution in [0.4, 0.5) is 10.1 Å².